The van der Waals surface area contributed by atoms with Crippen LogP contribution in [0.4, 0.5) is 0 Å². The molecule has 0 amide bonds. The highest BCUT2D eigenvalue weighted by atomic mass is 32.2. The molecule has 94 valence electrons. The van der Waals surface area contributed by atoms with Crippen LogP contribution in [0.3, 0.4) is 0 Å². The molecule has 0 fully saturated rings. The van der Waals surface area contributed by atoms with Gasteiger partial charge in [0.05, 0.1) is 0 Å². The van der Waals surface area contributed by atoms with Crippen LogP contribution in [0.5, 0.6) is 5.88 Å². The first-order valence-corrected chi connectivity index (χ1v) is 6.68. The van der Waals surface area contributed by atoms with E-state index in [-0.39, 0.29) is 10.8 Å². The van der Waals surface area contributed by atoms with Gasteiger partial charge in [-0.1, -0.05) is 17.7 Å². The highest BCUT2D eigenvalue weighted by molar-refractivity contribution is 7.87. The summed E-state index contributed by atoms with van der Waals surface area (Å²) in [6, 6.07) is 7.88. The summed E-state index contributed by atoms with van der Waals surface area (Å²) in [5, 5.41) is 0. The molecular weight excluding hydrogens is 252 g/mol. The van der Waals surface area contributed by atoms with E-state index in [4.69, 9.17) is 4.18 Å². The Morgan fingerprint density at radius 2 is 1.72 bits per heavy atom. The van der Waals surface area contributed by atoms with Crippen molar-refractivity contribution < 1.29 is 12.6 Å². The molecule has 6 heteroatoms. The Morgan fingerprint density at radius 3 is 2.33 bits per heavy atom. The summed E-state index contributed by atoms with van der Waals surface area (Å²) in [4.78, 5) is 7.72. The average Bonchev–Trinajstić information content (AvgIpc) is 2.29. The Balaban J connectivity index is 2.30. The molecule has 0 aliphatic rings. The maximum atomic E-state index is 11.9. The minimum Gasteiger partial charge on any atom is -0.358 e. The molecule has 0 saturated heterocycles. The zero-order valence-corrected chi connectivity index (χ0v) is 10.8. The van der Waals surface area contributed by atoms with Gasteiger partial charge >= 0.3 is 10.1 Å². The Kier molecular flexibility index (Phi) is 3.29. The first-order chi connectivity index (χ1) is 8.47. The fraction of sp³-hybridized carbons (Fsp3) is 0.167. The first-order valence-electron chi connectivity index (χ1n) is 5.27. The molecule has 18 heavy (non-hydrogen) atoms. The second-order valence-corrected chi connectivity index (χ2v) is 5.39. The molecule has 0 atom stereocenters. The van der Waals surface area contributed by atoms with Crippen molar-refractivity contribution in [3.8, 4) is 5.88 Å². The number of aromatic nitrogens is 2. The van der Waals surface area contributed by atoms with Crippen LogP contribution in [0.15, 0.2) is 41.6 Å². The van der Waals surface area contributed by atoms with Crippen LogP contribution < -0.4 is 4.18 Å². The van der Waals surface area contributed by atoms with Gasteiger partial charge in [0, 0.05) is 11.8 Å². The Morgan fingerprint density at radius 1 is 1.06 bits per heavy atom. The monoisotopic (exact) mass is 264 g/mol. The van der Waals surface area contributed by atoms with Crippen molar-refractivity contribution in [2.75, 3.05) is 0 Å². The molecule has 2 rings (SSSR count). The molecule has 0 unspecified atom stereocenters. The zero-order valence-electron chi connectivity index (χ0n) is 9.99. The molecule has 1 aromatic carbocycles. The molecule has 0 aliphatic heterocycles. The Hall–Kier alpha value is -1.95. The highest BCUT2D eigenvalue weighted by Crippen LogP contribution is 2.16. The topological polar surface area (TPSA) is 69.2 Å². The van der Waals surface area contributed by atoms with Gasteiger partial charge in [-0.3, -0.25) is 0 Å². The van der Waals surface area contributed by atoms with Crippen LogP contribution in [0, 0.1) is 13.8 Å². The second kappa shape index (κ2) is 4.73. The molecule has 0 aliphatic carbocycles. The molecular formula is C12H12N2O3S. The SMILES string of the molecule is Cc1ccc(S(=O)(=O)Oc2cc(C)ncn2)cc1. The van der Waals surface area contributed by atoms with Crippen molar-refractivity contribution in [2.45, 2.75) is 18.7 Å². The number of rotatable bonds is 3. The molecule has 0 N–H and O–H groups in total. The van der Waals surface area contributed by atoms with E-state index in [0.29, 0.717) is 5.69 Å². The third-order valence-electron chi connectivity index (χ3n) is 2.28. The minimum absolute atomic E-state index is 0.0167. The first kappa shape index (κ1) is 12.5. The van der Waals surface area contributed by atoms with Crippen molar-refractivity contribution >= 4 is 10.1 Å². The molecule has 0 spiro atoms. The van der Waals surface area contributed by atoms with Gasteiger partial charge in [0.2, 0.25) is 5.88 Å². The van der Waals surface area contributed by atoms with Crippen LogP contribution in [0.2, 0.25) is 0 Å². The Bertz CT molecular complexity index is 651. The minimum atomic E-state index is -3.84. The summed E-state index contributed by atoms with van der Waals surface area (Å²) in [5.41, 5.74) is 1.62. The van der Waals surface area contributed by atoms with Gasteiger partial charge in [0.25, 0.3) is 0 Å². The third-order valence-corrected chi connectivity index (χ3v) is 3.52. The van der Waals surface area contributed by atoms with Crippen molar-refractivity contribution in [1.82, 2.24) is 9.97 Å². The normalized spacial score (nSPS) is 11.2. The van der Waals surface area contributed by atoms with E-state index in [0.717, 1.165) is 5.56 Å². The van der Waals surface area contributed by atoms with Crippen LogP contribution in [-0.2, 0) is 10.1 Å². The summed E-state index contributed by atoms with van der Waals surface area (Å²) >= 11 is 0. The zero-order chi connectivity index (χ0) is 13.2. The third kappa shape index (κ3) is 2.84. The van der Waals surface area contributed by atoms with Crippen molar-refractivity contribution in [3.63, 3.8) is 0 Å². The van der Waals surface area contributed by atoms with E-state index >= 15 is 0 Å². The lowest BCUT2D eigenvalue weighted by atomic mass is 10.2. The summed E-state index contributed by atoms with van der Waals surface area (Å²) < 4.78 is 28.8. The fourth-order valence-electron chi connectivity index (χ4n) is 1.34. The van der Waals surface area contributed by atoms with Gasteiger partial charge in [-0.2, -0.15) is 8.42 Å². The van der Waals surface area contributed by atoms with Gasteiger partial charge in [0.1, 0.15) is 11.2 Å². The summed E-state index contributed by atoms with van der Waals surface area (Å²) in [6.07, 6.45) is 1.26. The lowest BCUT2D eigenvalue weighted by Crippen LogP contribution is -2.10. The van der Waals surface area contributed by atoms with Gasteiger partial charge in [-0.15, -0.1) is 0 Å². The number of hydrogen-bond acceptors (Lipinski definition) is 5. The summed E-state index contributed by atoms with van der Waals surface area (Å²) in [6.45, 7) is 3.61. The molecule has 0 saturated carbocycles. The Labute approximate surface area is 106 Å². The van der Waals surface area contributed by atoms with Crippen molar-refractivity contribution in [3.05, 3.63) is 47.9 Å². The largest absolute Gasteiger partial charge is 0.358 e. The molecule has 5 nitrogen and oxygen atoms in total. The van der Waals surface area contributed by atoms with E-state index in [1.807, 2.05) is 6.92 Å². The quantitative estimate of drug-likeness (QED) is 0.791. The van der Waals surface area contributed by atoms with Crippen LogP contribution in [-0.4, -0.2) is 18.4 Å². The van der Waals surface area contributed by atoms with E-state index in [1.54, 1.807) is 19.1 Å². The lowest BCUT2D eigenvalue weighted by molar-refractivity contribution is 0.475. The molecule has 1 heterocycles. The molecule has 0 bridgehead atoms. The second-order valence-electron chi connectivity index (χ2n) is 3.85. The van der Waals surface area contributed by atoms with Crippen LogP contribution >= 0.6 is 0 Å². The van der Waals surface area contributed by atoms with Crippen molar-refractivity contribution in [2.24, 2.45) is 0 Å². The number of aryl methyl sites for hydroxylation is 2. The summed E-state index contributed by atoms with van der Waals surface area (Å²) in [7, 11) is -3.84. The maximum Gasteiger partial charge on any atom is 0.340 e. The van der Waals surface area contributed by atoms with Crippen molar-refractivity contribution in [1.29, 1.82) is 0 Å². The number of benzene rings is 1. The van der Waals surface area contributed by atoms with E-state index in [9.17, 15) is 8.42 Å². The number of hydrogen-bond donors (Lipinski definition) is 0. The standard InChI is InChI=1S/C12H12N2O3S/c1-9-3-5-11(6-4-9)18(15,16)17-12-7-10(2)13-8-14-12/h3-8H,1-2H3. The molecule has 1 aromatic heterocycles. The van der Waals surface area contributed by atoms with Gasteiger partial charge in [-0.05, 0) is 26.0 Å². The van der Waals surface area contributed by atoms with E-state index in [2.05, 4.69) is 9.97 Å². The van der Waals surface area contributed by atoms with Crippen LogP contribution in [0.25, 0.3) is 0 Å². The van der Waals surface area contributed by atoms with Gasteiger partial charge in [0.15, 0.2) is 0 Å². The fourth-order valence-corrected chi connectivity index (χ4v) is 2.22. The van der Waals surface area contributed by atoms with Gasteiger partial charge in [-0.25, -0.2) is 9.97 Å². The molecule has 2 aromatic rings. The summed E-state index contributed by atoms with van der Waals surface area (Å²) in [5.74, 6) is 0.0167. The van der Waals surface area contributed by atoms with Crippen LogP contribution in [0.1, 0.15) is 11.3 Å². The average molecular weight is 264 g/mol. The maximum absolute atomic E-state index is 11.9. The highest BCUT2D eigenvalue weighted by Gasteiger charge is 2.17. The molecule has 0 radical (unpaired) electrons. The number of nitrogens with zero attached hydrogens (tertiary/aromatic N) is 2. The predicted octanol–water partition coefficient (Wildman–Crippen LogP) is 1.86. The van der Waals surface area contributed by atoms with Gasteiger partial charge < -0.3 is 4.18 Å². The smallest absolute Gasteiger partial charge is 0.340 e. The van der Waals surface area contributed by atoms with E-state index < -0.39 is 10.1 Å². The predicted molar refractivity (Wildman–Crippen MR) is 65.8 cm³/mol. The van der Waals surface area contributed by atoms with E-state index in [1.165, 1.54) is 24.5 Å². The lowest BCUT2D eigenvalue weighted by Gasteiger charge is -2.06.